The molecule has 100 valence electrons. The fraction of sp³-hybridized carbons (Fsp3) is 0.571. The van der Waals surface area contributed by atoms with Gasteiger partial charge in [0.2, 0.25) is 0 Å². The molecule has 1 aromatic carbocycles. The van der Waals surface area contributed by atoms with E-state index in [1.54, 1.807) is 7.11 Å². The van der Waals surface area contributed by atoms with Crippen LogP contribution in [0.5, 0.6) is 5.75 Å². The first kappa shape index (κ1) is 13.8. The zero-order valence-corrected chi connectivity index (χ0v) is 12.7. The molecule has 1 aliphatic heterocycles. The zero-order chi connectivity index (χ0) is 13.0. The van der Waals surface area contributed by atoms with Crippen molar-refractivity contribution in [2.75, 3.05) is 39.8 Å². The molecule has 1 aromatic rings. The second kappa shape index (κ2) is 6.55. The van der Waals surface area contributed by atoms with Gasteiger partial charge in [-0.15, -0.1) is 0 Å². The third-order valence-electron chi connectivity index (χ3n) is 3.42. The molecule has 18 heavy (non-hydrogen) atoms. The summed E-state index contributed by atoms with van der Waals surface area (Å²) in [4.78, 5) is 2.52. The van der Waals surface area contributed by atoms with E-state index >= 15 is 0 Å². The molecule has 0 atom stereocenters. The van der Waals surface area contributed by atoms with Gasteiger partial charge in [-0.1, -0.05) is 6.07 Å². The van der Waals surface area contributed by atoms with Gasteiger partial charge in [0.15, 0.2) is 0 Å². The van der Waals surface area contributed by atoms with Crippen molar-refractivity contribution in [3.05, 3.63) is 27.7 Å². The van der Waals surface area contributed by atoms with Crippen LogP contribution in [-0.4, -0.2) is 44.7 Å². The summed E-state index contributed by atoms with van der Waals surface area (Å²) in [7, 11) is 1.72. The van der Waals surface area contributed by atoms with Crippen molar-refractivity contribution < 1.29 is 4.74 Å². The van der Waals surface area contributed by atoms with E-state index in [0.29, 0.717) is 0 Å². The maximum absolute atomic E-state index is 5.36. The van der Waals surface area contributed by atoms with Gasteiger partial charge in [0.1, 0.15) is 5.75 Å². The van der Waals surface area contributed by atoms with E-state index in [-0.39, 0.29) is 0 Å². The lowest BCUT2D eigenvalue weighted by molar-refractivity contribution is 0.244. The van der Waals surface area contributed by atoms with Gasteiger partial charge in [0.05, 0.1) is 11.6 Å². The van der Waals surface area contributed by atoms with Crippen LogP contribution in [-0.2, 0) is 6.42 Å². The Morgan fingerprint density at radius 1 is 1.33 bits per heavy atom. The standard InChI is InChI=1S/C14H21BrN2O/c1-11-9-12(10-13(15)14(11)18-2)3-6-17-7-4-16-5-8-17/h9-10,16H,3-8H2,1-2H3. The van der Waals surface area contributed by atoms with Crippen LogP contribution in [0.15, 0.2) is 16.6 Å². The molecule has 1 heterocycles. The lowest BCUT2D eigenvalue weighted by atomic mass is 10.1. The minimum Gasteiger partial charge on any atom is -0.495 e. The number of nitrogens with zero attached hydrogens (tertiary/aromatic N) is 1. The number of hydrogen-bond acceptors (Lipinski definition) is 3. The third kappa shape index (κ3) is 3.46. The number of rotatable bonds is 4. The predicted molar refractivity (Wildman–Crippen MR) is 78.4 cm³/mol. The molecule has 0 aromatic heterocycles. The Morgan fingerprint density at radius 3 is 2.67 bits per heavy atom. The van der Waals surface area contributed by atoms with Crippen LogP contribution in [0.25, 0.3) is 0 Å². The van der Waals surface area contributed by atoms with Crippen LogP contribution in [0, 0.1) is 6.92 Å². The monoisotopic (exact) mass is 312 g/mol. The van der Waals surface area contributed by atoms with E-state index in [2.05, 4.69) is 45.2 Å². The molecule has 0 spiro atoms. The molecule has 4 heteroatoms. The zero-order valence-electron chi connectivity index (χ0n) is 11.1. The van der Waals surface area contributed by atoms with Crippen molar-refractivity contribution in [3.8, 4) is 5.75 Å². The van der Waals surface area contributed by atoms with Crippen LogP contribution in [0.3, 0.4) is 0 Å². The van der Waals surface area contributed by atoms with Crippen molar-refractivity contribution in [3.63, 3.8) is 0 Å². The second-order valence-corrected chi connectivity index (χ2v) is 5.62. The van der Waals surface area contributed by atoms with Crippen LogP contribution >= 0.6 is 15.9 Å². The number of aryl methyl sites for hydroxylation is 1. The number of hydrogen-bond donors (Lipinski definition) is 1. The Balaban J connectivity index is 1.96. The molecule has 1 aliphatic rings. The predicted octanol–water partition coefficient (Wildman–Crippen LogP) is 2.21. The van der Waals surface area contributed by atoms with Gasteiger partial charge in [-0.2, -0.15) is 0 Å². The minimum absolute atomic E-state index is 0.945. The fourth-order valence-corrected chi connectivity index (χ4v) is 3.20. The van der Waals surface area contributed by atoms with Gasteiger partial charge in [-0.25, -0.2) is 0 Å². The van der Waals surface area contributed by atoms with Crippen molar-refractivity contribution in [2.45, 2.75) is 13.3 Å². The van der Waals surface area contributed by atoms with E-state index in [1.165, 1.54) is 11.1 Å². The molecule has 2 rings (SSSR count). The highest BCUT2D eigenvalue weighted by atomic mass is 79.9. The Labute approximate surface area is 118 Å². The Morgan fingerprint density at radius 2 is 2.06 bits per heavy atom. The van der Waals surface area contributed by atoms with Gasteiger partial charge in [0, 0.05) is 32.7 Å². The first-order chi connectivity index (χ1) is 8.70. The van der Waals surface area contributed by atoms with Crippen LogP contribution < -0.4 is 10.1 Å². The Bertz CT molecular complexity index is 380. The van der Waals surface area contributed by atoms with Gasteiger partial charge >= 0.3 is 0 Å². The van der Waals surface area contributed by atoms with Gasteiger partial charge in [-0.3, -0.25) is 0 Å². The molecule has 0 saturated carbocycles. The third-order valence-corrected chi connectivity index (χ3v) is 4.01. The molecule has 1 saturated heterocycles. The summed E-state index contributed by atoms with van der Waals surface area (Å²) >= 11 is 3.58. The van der Waals surface area contributed by atoms with Crippen molar-refractivity contribution in [1.29, 1.82) is 0 Å². The van der Waals surface area contributed by atoms with Crippen molar-refractivity contribution >= 4 is 15.9 Å². The molecular formula is C14H21BrN2O. The highest BCUT2D eigenvalue weighted by Gasteiger charge is 2.11. The van der Waals surface area contributed by atoms with Crippen LogP contribution in [0.1, 0.15) is 11.1 Å². The molecule has 3 nitrogen and oxygen atoms in total. The summed E-state index contributed by atoms with van der Waals surface area (Å²) in [5.41, 5.74) is 2.57. The maximum atomic E-state index is 5.36. The number of halogens is 1. The maximum Gasteiger partial charge on any atom is 0.135 e. The first-order valence-electron chi connectivity index (χ1n) is 6.47. The second-order valence-electron chi connectivity index (χ2n) is 4.77. The highest BCUT2D eigenvalue weighted by Crippen LogP contribution is 2.30. The quantitative estimate of drug-likeness (QED) is 0.922. The van der Waals surface area contributed by atoms with Gasteiger partial charge in [-0.05, 0) is 46.5 Å². The highest BCUT2D eigenvalue weighted by molar-refractivity contribution is 9.10. The van der Waals surface area contributed by atoms with E-state index in [4.69, 9.17) is 4.74 Å². The topological polar surface area (TPSA) is 24.5 Å². The minimum atomic E-state index is 0.945. The lowest BCUT2D eigenvalue weighted by Crippen LogP contribution is -2.44. The summed E-state index contributed by atoms with van der Waals surface area (Å²) in [6, 6.07) is 4.40. The van der Waals surface area contributed by atoms with Gasteiger partial charge in [0.25, 0.3) is 0 Å². The summed E-state index contributed by atoms with van der Waals surface area (Å²) in [6.07, 6.45) is 1.10. The number of ether oxygens (including phenoxy) is 1. The van der Waals surface area contributed by atoms with Crippen molar-refractivity contribution in [1.82, 2.24) is 10.2 Å². The van der Waals surface area contributed by atoms with E-state index in [1.807, 2.05) is 0 Å². The molecule has 0 aliphatic carbocycles. The largest absolute Gasteiger partial charge is 0.495 e. The SMILES string of the molecule is COc1c(C)cc(CCN2CCNCC2)cc1Br. The van der Waals surface area contributed by atoms with Crippen LogP contribution in [0.2, 0.25) is 0 Å². The van der Waals surface area contributed by atoms with Gasteiger partial charge < -0.3 is 15.0 Å². The molecule has 0 radical (unpaired) electrons. The van der Waals surface area contributed by atoms with E-state index < -0.39 is 0 Å². The molecular weight excluding hydrogens is 292 g/mol. The molecule has 0 amide bonds. The van der Waals surface area contributed by atoms with E-state index in [0.717, 1.165) is 49.4 Å². The smallest absolute Gasteiger partial charge is 0.135 e. The summed E-state index contributed by atoms with van der Waals surface area (Å²) < 4.78 is 6.42. The molecule has 0 bridgehead atoms. The average Bonchev–Trinajstić information content (AvgIpc) is 2.37. The normalized spacial score (nSPS) is 16.8. The summed E-state index contributed by atoms with van der Waals surface area (Å²) in [5, 5.41) is 3.38. The molecule has 1 fully saturated rings. The summed E-state index contributed by atoms with van der Waals surface area (Å²) in [5.74, 6) is 0.945. The summed E-state index contributed by atoms with van der Waals surface area (Å²) in [6.45, 7) is 7.79. The lowest BCUT2D eigenvalue weighted by Gasteiger charge is -2.27. The Kier molecular flexibility index (Phi) is 5.03. The molecule has 0 unspecified atom stereocenters. The average molecular weight is 313 g/mol. The number of nitrogens with one attached hydrogen (secondary N) is 1. The first-order valence-corrected chi connectivity index (χ1v) is 7.26. The Hall–Kier alpha value is -0.580. The fourth-order valence-electron chi connectivity index (χ4n) is 2.43. The van der Waals surface area contributed by atoms with Crippen molar-refractivity contribution in [2.24, 2.45) is 0 Å². The van der Waals surface area contributed by atoms with Crippen LogP contribution in [0.4, 0.5) is 0 Å². The number of methoxy groups -OCH3 is 1. The number of benzene rings is 1. The molecule has 1 N–H and O–H groups in total. The number of piperazine rings is 1. The van der Waals surface area contributed by atoms with E-state index in [9.17, 15) is 0 Å².